The van der Waals surface area contributed by atoms with Crippen molar-refractivity contribution in [1.29, 1.82) is 0 Å². The number of aromatic nitrogens is 1. The van der Waals surface area contributed by atoms with E-state index < -0.39 is 0 Å². The van der Waals surface area contributed by atoms with Crippen LogP contribution in [0.25, 0.3) is 0 Å². The molecule has 1 fully saturated rings. The summed E-state index contributed by atoms with van der Waals surface area (Å²) in [5.41, 5.74) is 0.902. The van der Waals surface area contributed by atoms with E-state index in [1.165, 1.54) is 11.3 Å². The lowest BCUT2D eigenvalue weighted by Gasteiger charge is -2.15. The molecule has 0 unspecified atom stereocenters. The molecule has 0 aromatic carbocycles. The molecule has 1 aromatic heterocycles. The number of hydrogen-bond donors (Lipinski definition) is 3. The first-order valence-corrected chi connectivity index (χ1v) is 5.72. The van der Waals surface area contributed by atoms with E-state index in [2.05, 4.69) is 10.3 Å². The van der Waals surface area contributed by atoms with Gasteiger partial charge < -0.3 is 15.4 Å². The summed E-state index contributed by atoms with van der Waals surface area (Å²) in [6.07, 6.45) is 2.77. The summed E-state index contributed by atoms with van der Waals surface area (Å²) in [5, 5.41) is 14.6. The predicted octanol–water partition coefficient (Wildman–Crippen LogP) is 0.439. The predicted molar refractivity (Wildman–Crippen MR) is 55.4 cm³/mol. The number of aliphatic hydroxyl groups is 1. The SMILES string of the molecule is O=c1[nH]c(CN[C@@H]2CCC[C@H]2O)cs1. The zero-order valence-corrected chi connectivity index (χ0v) is 8.64. The number of hydrogen-bond acceptors (Lipinski definition) is 4. The highest BCUT2D eigenvalue weighted by Crippen LogP contribution is 2.18. The van der Waals surface area contributed by atoms with Crippen molar-refractivity contribution in [2.24, 2.45) is 0 Å². The zero-order chi connectivity index (χ0) is 9.97. The summed E-state index contributed by atoms with van der Waals surface area (Å²) in [6.45, 7) is 0.639. The number of aliphatic hydroxyl groups excluding tert-OH is 1. The van der Waals surface area contributed by atoms with Crippen LogP contribution in [0, 0.1) is 0 Å². The molecular formula is C9H14N2O2S. The standard InChI is InChI=1S/C9H14N2O2S/c12-8-3-1-2-7(8)10-4-6-5-14-9(13)11-6/h5,7-8,10,12H,1-4H2,(H,11,13)/t7-,8-/m1/s1. The highest BCUT2D eigenvalue weighted by molar-refractivity contribution is 7.07. The Bertz CT molecular complexity index is 347. The van der Waals surface area contributed by atoms with E-state index in [1.807, 2.05) is 5.38 Å². The maximum Gasteiger partial charge on any atom is 0.304 e. The van der Waals surface area contributed by atoms with Crippen molar-refractivity contribution in [3.8, 4) is 0 Å². The van der Waals surface area contributed by atoms with Crippen LogP contribution in [-0.4, -0.2) is 22.2 Å². The largest absolute Gasteiger partial charge is 0.392 e. The molecule has 1 aliphatic carbocycles. The van der Waals surface area contributed by atoms with Crippen LogP contribution in [-0.2, 0) is 6.54 Å². The van der Waals surface area contributed by atoms with Gasteiger partial charge in [-0.15, -0.1) is 0 Å². The van der Waals surface area contributed by atoms with Gasteiger partial charge in [-0.2, -0.15) is 0 Å². The molecular weight excluding hydrogens is 200 g/mol. The average molecular weight is 214 g/mol. The molecule has 5 heteroatoms. The third-order valence-corrected chi connectivity index (χ3v) is 3.32. The van der Waals surface area contributed by atoms with Gasteiger partial charge in [0.2, 0.25) is 0 Å². The Labute approximate surface area is 86.0 Å². The third-order valence-electron chi connectivity index (χ3n) is 2.61. The third kappa shape index (κ3) is 2.23. The molecule has 1 heterocycles. The van der Waals surface area contributed by atoms with Crippen LogP contribution >= 0.6 is 11.3 Å². The van der Waals surface area contributed by atoms with E-state index in [1.54, 1.807) is 0 Å². The minimum atomic E-state index is -0.222. The lowest BCUT2D eigenvalue weighted by Crippen LogP contribution is -2.35. The van der Waals surface area contributed by atoms with E-state index in [4.69, 9.17) is 0 Å². The fourth-order valence-electron chi connectivity index (χ4n) is 1.82. The Balaban J connectivity index is 1.85. The van der Waals surface area contributed by atoms with Crippen LogP contribution in [0.5, 0.6) is 0 Å². The second-order valence-corrected chi connectivity index (χ2v) is 4.50. The summed E-state index contributed by atoms with van der Waals surface area (Å²) >= 11 is 1.17. The van der Waals surface area contributed by atoms with Crippen LogP contribution in [0.2, 0.25) is 0 Å². The molecule has 0 amide bonds. The molecule has 0 bridgehead atoms. The van der Waals surface area contributed by atoms with Gasteiger partial charge in [-0.05, 0) is 19.3 Å². The van der Waals surface area contributed by atoms with Gasteiger partial charge in [-0.3, -0.25) is 4.79 Å². The molecule has 1 aromatic rings. The topological polar surface area (TPSA) is 65.1 Å². The number of nitrogens with one attached hydrogen (secondary N) is 2. The van der Waals surface area contributed by atoms with Gasteiger partial charge in [-0.25, -0.2) is 0 Å². The molecule has 1 aliphatic rings. The molecule has 1 saturated carbocycles. The van der Waals surface area contributed by atoms with Crippen molar-refractivity contribution < 1.29 is 5.11 Å². The summed E-state index contributed by atoms with van der Waals surface area (Å²) in [6, 6.07) is 0.193. The number of rotatable bonds is 3. The minimum Gasteiger partial charge on any atom is -0.392 e. The maximum atomic E-state index is 10.8. The lowest BCUT2D eigenvalue weighted by molar-refractivity contribution is 0.148. The van der Waals surface area contributed by atoms with Crippen molar-refractivity contribution in [3.05, 3.63) is 20.7 Å². The zero-order valence-electron chi connectivity index (χ0n) is 7.82. The normalized spacial score (nSPS) is 26.9. The van der Waals surface area contributed by atoms with E-state index in [0.717, 1.165) is 25.0 Å². The molecule has 0 spiro atoms. The molecule has 0 radical (unpaired) electrons. The first-order chi connectivity index (χ1) is 6.75. The van der Waals surface area contributed by atoms with Crippen LogP contribution in [0.15, 0.2) is 10.2 Å². The minimum absolute atomic E-state index is 0.0197. The molecule has 78 valence electrons. The molecule has 2 rings (SSSR count). The van der Waals surface area contributed by atoms with Crippen LogP contribution < -0.4 is 10.2 Å². The van der Waals surface area contributed by atoms with Crippen LogP contribution in [0.4, 0.5) is 0 Å². The quantitative estimate of drug-likeness (QED) is 0.684. The van der Waals surface area contributed by atoms with E-state index in [-0.39, 0.29) is 17.0 Å². The summed E-state index contributed by atoms with van der Waals surface area (Å²) in [4.78, 5) is 13.6. The van der Waals surface area contributed by atoms with Crippen molar-refractivity contribution in [3.63, 3.8) is 0 Å². The highest BCUT2D eigenvalue weighted by Gasteiger charge is 2.24. The Morgan fingerprint density at radius 2 is 2.50 bits per heavy atom. The fraction of sp³-hybridized carbons (Fsp3) is 0.667. The second-order valence-electron chi connectivity index (χ2n) is 3.66. The first-order valence-electron chi connectivity index (χ1n) is 4.84. The lowest BCUT2D eigenvalue weighted by atomic mass is 10.2. The van der Waals surface area contributed by atoms with E-state index in [9.17, 15) is 9.90 Å². The van der Waals surface area contributed by atoms with Crippen molar-refractivity contribution >= 4 is 11.3 Å². The summed E-state index contributed by atoms with van der Waals surface area (Å²) in [5.74, 6) is 0. The molecule has 0 saturated heterocycles. The highest BCUT2D eigenvalue weighted by atomic mass is 32.1. The molecule has 4 nitrogen and oxygen atoms in total. The Morgan fingerprint density at radius 3 is 3.07 bits per heavy atom. The van der Waals surface area contributed by atoms with Gasteiger partial charge in [0.1, 0.15) is 0 Å². The molecule has 2 atom stereocenters. The van der Waals surface area contributed by atoms with E-state index in [0.29, 0.717) is 6.54 Å². The molecule has 3 N–H and O–H groups in total. The Kier molecular flexibility index (Phi) is 3.00. The van der Waals surface area contributed by atoms with Gasteiger partial charge in [0.05, 0.1) is 6.10 Å². The maximum absolute atomic E-state index is 10.8. The average Bonchev–Trinajstić information content (AvgIpc) is 2.72. The van der Waals surface area contributed by atoms with Crippen LogP contribution in [0.1, 0.15) is 25.0 Å². The van der Waals surface area contributed by atoms with Gasteiger partial charge in [0.25, 0.3) is 0 Å². The Hall–Kier alpha value is -0.650. The summed E-state index contributed by atoms with van der Waals surface area (Å²) in [7, 11) is 0. The van der Waals surface area contributed by atoms with Crippen molar-refractivity contribution in [2.75, 3.05) is 0 Å². The van der Waals surface area contributed by atoms with Gasteiger partial charge in [0, 0.05) is 23.7 Å². The number of thiazole rings is 1. The second kappa shape index (κ2) is 4.25. The number of H-pyrrole nitrogens is 1. The van der Waals surface area contributed by atoms with Crippen LogP contribution in [0.3, 0.4) is 0 Å². The summed E-state index contributed by atoms with van der Waals surface area (Å²) < 4.78 is 0. The van der Waals surface area contributed by atoms with Crippen molar-refractivity contribution in [1.82, 2.24) is 10.3 Å². The fourth-order valence-corrected chi connectivity index (χ4v) is 2.40. The first kappa shape index (κ1) is 9.89. The molecule has 14 heavy (non-hydrogen) atoms. The number of aromatic amines is 1. The van der Waals surface area contributed by atoms with Gasteiger partial charge in [-0.1, -0.05) is 11.3 Å². The van der Waals surface area contributed by atoms with Crippen molar-refractivity contribution in [2.45, 2.75) is 38.0 Å². The van der Waals surface area contributed by atoms with Gasteiger partial charge in [0.15, 0.2) is 0 Å². The Morgan fingerprint density at radius 1 is 1.64 bits per heavy atom. The smallest absolute Gasteiger partial charge is 0.304 e. The van der Waals surface area contributed by atoms with E-state index >= 15 is 0 Å². The van der Waals surface area contributed by atoms with Gasteiger partial charge >= 0.3 is 4.87 Å². The molecule has 0 aliphatic heterocycles. The monoisotopic (exact) mass is 214 g/mol.